The number of rotatable bonds is 14. The molecule has 1 aromatic carbocycles. The Bertz CT molecular complexity index is 826. The second-order valence-corrected chi connectivity index (χ2v) is 10.4. The molecule has 4 atom stereocenters. The Balaban J connectivity index is 1.69. The number of amides is 1. The number of oxime groups is 1. The summed E-state index contributed by atoms with van der Waals surface area (Å²) in [5.74, 6) is 1.78. The number of hydrogen-bond donors (Lipinski definition) is 3. The molecule has 9 heteroatoms. The van der Waals surface area contributed by atoms with E-state index in [0.29, 0.717) is 36.8 Å². The van der Waals surface area contributed by atoms with Crippen LogP contribution in [0.5, 0.6) is 0 Å². The van der Waals surface area contributed by atoms with Gasteiger partial charge in [-0.05, 0) is 68.8 Å². The van der Waals surface area contributed by atoms with Crippen molar-refractivity contribution < 1.29 is 14.0 Å². The predicted octanol–water partition coefficient (Wildman–Crippen LogP) is 3.84. The van der Waals surface area contributed by atoms with Crippen molar-refractivity contribution >= 4 is 36.9 Å². The highest BCUT2D eigenvalue weighted by Gasteiger charge is 2.48. The van der Waals surface area contributed by atoms with Crippen LogP contribution in [0.4, 0.5) is 4.39 Å². The lowest BCUT2D eigenvalue weighted by atomic mass is 9.73. The fourth-order valence-electron chi connectivity index (χ4n) is 5.99. The van der Waals surface area contributed by atoms with Crippen molar-refractivity contribution in [2.75, 3.05) is 51.3 Å². The van der Waals surface area contributed by atoms with Crippen LogP contribution in [-0.2, 0) is 9.63 Å². The van der Waals surface area contributed by atoms with Gasteiger partial charge in [0.15, 0.2) is 0 Å². The molecule has 4 unspecified atom stereocenters. The smallest absolute Gasteiger partial charge is 0.234 e. The Morgan fingerprint density at radius 1 is 1.23 bits per heavy atom. The van der Waals surface area contributed by atoms with E-state index in [1.54, 1.807) is 19.2 Å². The molecule has 0 saturated carbocycles. The van der Waals surface area contributed by atoms with Gasteiger partial charge in [-0.1, -0.05) is 24.2 Å². The number of carbonyl (C=O) groups excluding carboxylic acids is 1. The Kier molecular flexibility index (Phi) is 11.7. The molecule has 1 amide bonds. The van der Waals surface area contributed by atoms with Crippen LogP contribution >= 0.6 is 25.3 Å². The normalized spacial score (nSPS) is 24.7. The summed E-state index contributed by atoms with van der Waals surface area (Å²) >= 11 is 8.55. The molecule has 2 aliphatic heterocycles. The first kappa shape index (κ1) is 28.3. The van der Waals surface area contributed by atoms with Crippen molar-refractivity contribution in [3.05, 3.63) is 35.6 Å². The SMILES string of the molecule is CC/C(=N\OC)C1C(c2ccc(F)cc2)CC2CCC1N2CCCN(CCS)CC(=O)NCCS. The Labute approximate surface area is 220 Å². The zero-order chi connectivity index (χ0) is 25.2. The maximum absolute atomic E-state index is 13.6. The summed E-state index contributed by atoms with van der Waals surface area (Å²) < 4.78 is 13.6. The summed E-state index contributed by atoms with van der Waals surface area (Å²) in [6.07, 6.45) is 5.19. The number of thiol groups is 2. The molecular weight excluding hydrogens is 483 g/mol. The van der Waals surface area contributed by atoms with Crippen LogP contribution in [0.3, 0.4) is 0 Å². The molecule has 0 aromatic heterocycles. The third-order valence-electron chi connectivity index (χ3n) is 7.43. The van der Waals surface area contributed by atoms with E-state index in [4.69, 9.17) is 4.84 Å². The summed E-state index contributed by atoms with van der Waals surface area (Å²) in [7, 11) is 1.61. The van der Waals surface area contributed by atoms with Crippen LogP contribution in [0.15, 0.2) is 29.4 Å². The zero-order valence-corrected chi connectivity index (χ0v) is 22.8. The molecule has 0 aliphatic carbocycles. The minimum absolute atomic E-state index is 0.0458. The second kappa shape index (κ2) is 14.4. The Morgan fingerprint density at radius 2 is 2.00 bits per heavy atom. The summed E-state index contributed by atoms with van der Waals surface area (Å²) in [4.78, 5) is 22.3. The first-order chi connectivity index (χ1) is 17.0. The van der Waals surface area contributed by atoms with Crippen molar-refractivity contribution in [1.29, 1.82) is 0 Å². The molecule has 3 rings (SSSR count). The number of benzene rings is 1. The second-order valence-electron chi connectivity index (χ2n) is 9.50. The summed E-state index contributed by atoms with van der Waals surface area (Å²) in [5.41, 5.74) is 2.28. The van der Waals surface area contributed by atoms with Crippen LogP contribution in [0, 0.1) is 11.7 Å². The van der Waals surface area contributed by atoms with Crippen LogP contribution < -0.4 is 5.32 Å². The van der Waals surface area contributed by atoms with Crippen molar-refractivity contribution in [3.8, 4) is 0 Å². The lowest BCUT2D eigenvalue weighted by Crippen LogP contribution is -2.51. The van der Waals surface area contributed by atoms with E-state index < -0.39 is 0 Å². The maximum Gasteiger partial charge on any atom is 0.234 e. The Hall–Kier alpha value is -1.29. The van der Waals surface area contributed by atoms with Crippen LogP contribution in [0.25, 0.3) is 0 Å². The average molecular weight is 525 g/mol. The van der Waals surface area contributed by atoms with Crippen molar-refractivity contribution in [2.45, 2.75) is 57.0 Å². The minimum atomic E-state index is -0.197. The van der Waals surface area contributed by atoms with Gasteiger partial charge in [-0.15, -0.1) is 0 Å². The van der Waals surface area contributed by atoms with E-state index in [9.17, 15) is 9.18 Å². The van der Waals surface area contributed by atoms with Gasteiger partial charge in [-0.25, -0.2) is 4.39 Å². The van der Waals surface area contributed by atoms with Gasteiger partial charge in [0.05, 0.1) is 12.3 Å². The highest BCUT2D eigenvalue weighted by atomic mass is 32.1. The highest BCUT2D eigenvalue weighted by molar-refractivity contribution is 7.80. The van der Waals surface area contributed by atoms with Gasteiger partial charge >= 0.3 is 0 Å². The molecule has 2 heterocycles. The first-order valence-electron chi connectivity index (χ1n) is 12.8. The molecule has 0 radical (unpaired) electrons. The van der Waals surface area contributed by atoms with E-state index >= 15 is 0 Å². The van der Waals surface area contributed by atoms with Gasteiger partial charge < -0.3 is 10.2 Å². The number of nitrogens with one attached hydrogen (secondary N) is 1. The molecule has 1 N–H and O–H groups in total. The lowest BCUT2D eigenvalue weighted by Gasteiger charge is -2.45. The molecule has 2 aliphatic rings. The molecule has 0 spiro atoms. The van der Waals surface area contributed by atoms with E-state index in [1.807, 2.05) is 12.1 Å². The topological polar surface area (TPSA) is 57.2 Å². The van der Waals surface area contributed by atoms with Crippen LogP contribution in [0.1, 0.15) is 50.5 Å². The molecule has 35 heavy (non-hydrogen) atoms. The molecule has 196 valence electrons. The monoisotopic (exact) mass is 524 g/mol. The van der Waals surface area contributed by atoms with Gasteiger partial charge in [0, 0.05) is 42.6 Å². The third kappa shape index (κ3) is 7.60. The fraction of sp³-hybridized carbons (Fsp3) is 0.692. The van der Waals surface area contributed by atoms with Gasteiger partial charge in [-0.3, -0.25) is 14.6 Å². The van der Waals surface area contributed by atoms with Crippen LogP contribution in [0.2, 0.25) is 0 Å². The summed E-state index contributed by atoms with van der Waals surface area (Å²) in [6.45, 7) is 5.78. The predicted molar refractivity (Wildman–Crippen MR) is 147 cm³/mol. The quantitative estimate of drug-likeness (QED) is 0.197. The Morgan fingerprint density at radius 3 is 2.66 bits per heavy atom. The number of carbonyl (C=O) groups is 1. The van der Waals surface area contributed by atoms with Gasteiger partial charge in [-0.2, -0.15) is 25.3 Å². The largest absolute Gasteiger partial charge is 0.399 e. The molecule has 2 bridgehead atoms. The van der Waals surface area contributed by atoms with E-state index in [2.05, 4.69) is 52.5 Å². The number of nitrogens with zero attached hydrogens (tertiary/aromatic N) is 3. The highest BCUT2D eigenvalue weighted by Crippen LogP contribution is 2.48. The average Bonchev–Trinajstić information content (AvgIpc) is 3.13. The standard InChI is InChI=1S/C26H41FN4O2S2/c1-3-23(29-33-2)26-22(19-5-7-20(27)8-6-19)17-21-9-10-24(26)31(21)13-4-12-30(14-16-35)18-25(32)28-11-15-34/h5-8,21-22,24,26,34-35H,3-4,9-18H2,1-2H3,(H,28,32)/b29-23+. The van der Waals surface area contributed by atoms with E-state index in [-0.39, 0.29) is 17.6 Å². The van der Waals surface area contributed by atoms with Gasteiger partial charge in [0.25, 0.3) is 0 Å². The number of fused-ring (bicyclic) bond motifs is 2. The lowest BCUT2D eigenvalue weighted by molar-refractivity contribution is -0.122. The minimum Gasteiger partial charge on any atom is -0.399 e. The molecule has 2 fully saturated rings. The first-order valence-corrected chi connectivity index (χ1v) is 14.1. The zero-order valence-electron chi connectivity index (χ0n) is 21.0. The molecule has 1 aromatic rings. The van der Waals surface area contributed by atoms with Crippen LogP contribution in [-0.4, -0.2) is 84.8 Å². The fourth-order valence-corrected chi connectivity index (χ4v) is 6.38. The summed E-state index contributed by atoms with van der Waals surface area (Å²) in [6, 6.07) is 7.94. The molecule has 6 nitrogen and oxygen atoms in total. The number of hydrogen-bond acceptors (Lipinski definition) is 7. The van der Waals surface area contributed by atoms with Crippen molar-refractivity contribution in [3.63, 3.8) is 0 Å². The number of halogens is 1. The van der Waals surface area contributed by atoms with E-state index in [0.717, 1.165) is 56.8 Å². The van der Waals surface area contributed by atoms with Gasteiger partial charge in [0.1, 0.15) is 12.9 Å². The van der Waals surface area contributed by atoms with Crippen molar-refractivity contribution in [2.24, 2.45) is 11.1 Å². The molecule has 2 saturated heterocycles. The molecular formula is C26H41FN4O2S2. The van der Waals surface area contributed by atoms with E-state index in [1.165, 1.54) is 12.0 Å². The maximum atomic E-state index is 13.6. The van der Waals surface area contributed by atoms with Gasteiger partial charge in [0.2, 0.25) is 5.91 Å². The third-order valence-corrected chi connectivity index (χ3v) is 7.85. The summed E-state index contributed by atoms with van der Waals surface area (Å²) in [5, 5.41) is 7.35. The van der Waals surface area contributed by atoms with Crippen molar-refractivity contribution in [1.82, 2.24) is 15.1 Å². The number of piperidine rings is 1.